The van der Waals surface area contributed by atoms with E-state index in [1.807, 2.05) is 6.92 Å². The third-order valence-corrected chi connectivity index (χ3v) is 3.87. The number of amidine groups is 1. The number of hydrogen-bond acceptors (Lipinski definition) is 3. The SMILES string of the molecule is CCCCCCC/C=C/CCCC1=NCCN1C(C)N. The van der Waals surface area contributed by atoms with Crippen molar-refractivity contribution in [3.8, 4) is 0 Å². The molecular formula is C17H33N3. The minimum absolute atomic E-state index is 0.106. The number of aliphatic imine (C=N–C) groups is 1. The Balaban J connectivity index is 1.99. The second-order valence-electron chi connectivity index (χ2n) is 5.80. The summed E-state index contributed by atoms with van der Waals surface area (Å²) in [7, 11) is 0. The van der Waals surface area contributed by atoms with Crippen LogP contribution in [0.5, 0.6) is 0 Å². The number of nitrogens with two attached hydrogens (primary N) is 1. The largest absolute Gasteiger partial charge is 0.343 e. The van der Waals surface area contributed by atoms with Gasteiger partial charge in [0, 0.05) is 13.0 Å². The van der Waals surface area contributed by atoms with Crippen LogP contribution in [0, 0.1) is 0 Å². The van der Waals surface area contributed by atoms with Crippen LogP contribution >= 0.6 is 0 Å². The molecule has 0 saturated heterocycles. The van der Waals surface area contributed by atoms with E-state index in [4.69, 9.17) is 5.73 Å². The lowest BCUT2D eigenvalue weighted by Gasteiger charge is -2.24. The van der Waals surface area contributed by atoms with Crippen LogP contribution < -0.4 is 5.73 Å². The highest BCUT2D eigenvalue weighted by molar-refractivity contribution is 5.83. The van der Waals surface area contributed by atoms with Crippen LogP contribution in [0.1, 0.15) is 71.6 Å². The van der Waals surface area contributed by atoms with Crippen molar-refractivity contribution in [1.29, 1.82) is 0 Å². The number of allylic oxidation sites excluding steroid dienone is 2. The average Bonchev–Trinajstić information content (AvgIpc) is 2.89. The van der Waals surface area contributed by atoms with Gasteiger partial charge in [0.05, 0.1) is 12.7 Å². The molecular weight excluding hydrogens is 246 g/mol. The Hall–Kier alpha value is -0.830. The van der Waals surface area contributed by atoms with Crippen molar-refractivity contribution >= 4 is 5.84 Å². The Labute approximate surface area is 125 Å². The smallest absolute Gasteiger partial charge is 0.100 e. The van der Waals surface area contributed by atoms with E-state index in [1.54, 1.807) is 0 Å². The van der Waals surface area contributed by atoms with Crippen molar-refractivity contribution in [2.45, 2.75) is 77.8 Å². The third-order valence-electron chi connectivity index (χ3n) is 3.87. The molecule has 1 atom stereocenters. The summed E-state index contributed by atoms with van der Waals surface area (Å²) in [5, 5.41) is 0. The molecule has 116 valence electrons. The molecule has 0 fully saturated rings. The molecule has 1 unspecified atom stereocenters. The molecule has 3 nitrogen and oxygen atoms in total. The molecule has 1 aliphatic heterocycles. The highest BCUT2D eigenvalue weighted by Crippen LogP contribution is 2.11. The van der Waals surface area contributed by atoms with Gasteiger partial charge in [-0.1, -0.05) is 44.8 Å². The first-order valence-electron chi connectivity index (χ1n) is 8.46. The van der Waals surface area contributed by atoms with Crippen molar-refractivity contribution in [3.05, 3.63) is 12.2 Å². The summed E-state index contributed by atoms with van der Waals surface area (Å²) in [6.07, 6.45) is 16.3. The van der Waals surface area contributed by atoms with Gasteiger partial charge in [0.25, 0.3) is 0 Å². The summed E-state index contributed by atoms with van der Waals surface area (Å²) < 4.78 is 0. The van der Waals surface area contributed by atoms with E-state index in [2.05, 4.69) is 29.0 Å². The fourth-order valence-corrected chi connectivity index (χ4v) is 2.65. The van der Waals surface area contributed by atoms with Crippen molar-refractivity contribution in [2.24, 2.45) is 10.7 Å². The van der Waals surface area contributed by atoms with E-state index in [-0.39, 0.29) is 6.17 Å². The maximum absolute atomic E-state index is 5.94. The predicted octanol–water partition coefficient (Wildman–Crippen LogP) is 4.09. The number of unbranched alkanes of at least 4 members (excludes halogenated alkanes) is 6. The first-order chi connectivity index (χ1) is 9.75. The topological polar surface area (TPSA) is 41.6 Å². The predicted molar refractivity (Wildman–Crippen MR) is 89.0 cm³/mol. The minimum Gasteiger partial charge on any atom is -0.343 e. The van der Waals surface area contributed by atoms with Crippen molar-refractivity contribution in [1.82, 2.24) is 4.90 Å². The van der Waals surface area contributed by atoms with Gasteiger partial charge in [0.2, 0.25) is 0 Å². The molecule has 0 amide bonds. The molecule has 1 aliphatic rings. The lowest BCUT2D eigenvalue weighted by molar-refractivity contribution is 0.359. The molecule has 0 spiro atoms. The lowest BCUT2D eigenvalue weighted by atomic mass is 10.1. The second kappa shape index (κ2) is 10.9. The van der Waals surface area contributed by atoms with Gasteiger partial charge in [-0.25, -0.2) is 0 Å². The van der Waals surface area contributed by atoms with Crippen LogP contribution in [0.2, 0.25) is 0 Å². The molecule has 3 heteroatoms. The summed E-state index contributed by atoms with van der Waals surface area (Å²) in [5.74, 6) is 1.22. The summed E-state index contributed by atoms with van der Waals surface area (Å²) in [4.78, 5) is 6.79. The van der Waals surface area contributed by atoms with Gasteiger partial charge in [-0.15, -0.1) is 0 Å². The van der Waals surface area contributed by atoms with Crippen molar-refractivity contribution < 1.29 is 0 Å². The zero-order valence-corrected chi connectivity index (χ0v) is 13.5. The number of hydrogen-bond donors (Lipinski definition) is 1. The van der Waals surface area contributed by atoms with Gasteiger partial charge < -0.3 is 10.6 Å². The molecule has 1 heterocycles. The molecule has 0 aliphatic carbocycles. The normalized spacial score (nSPS) is 16.9. The van der Waals surface area contributed by atoms with Gasteiger partial charge in [-0.2, -0.15) is 0 Å². The summed E-state index contributed by atoms with van der Waals surface area (Å²) in [5.41, 5.74) is 5.94. The Morgan fingerprint density at radius 2 is 1.85 bits per heavy atom. The van der Waals surface area contributed by atoms with Crippen LogP contribution in [0.4, 0.5) is 0 Å². The first-order valence-corrected chi connectivity index (χ1v) is 8.46. The van der Waals surface area contributed by atoms with Gasteiger partial charge >= 0.3 is 0 Å². The summed E-state index contributed by atoms with van der Waals surface area (Å²) in [6, 6.07) is 0. The van der Waals surface area contributed by atoms with E-state index in [0.717, 1.165) is 19.5 Å². The number of nitrogens with zero attached hydrogens (tertiary/aromatic N) is 2. The molecule has 0 saturated carbocycles. The van der Waals surface area contributed by atoms with Crippen LogP contribution in [-0.2, 0) is 0 Å². The zero-order chi connectivity index (χ0) is 14.6. The molecule has 20 heavy (non-hydrogen) atoms. The molecule has 0 bridgehead atoms. The quantitative estimate of drug-likeness (QED) is 0.457. The molecule has 0 aromatic heterocycles. The number of rotatable bonds is 11. The Morgan fingerprint density at radius 1 is 1.15 bits per heavy atom. The van der Waals surface area contributed by atoms with Crippen molar-refractivity contribution in [2.75, 3.05) is 13.1 Å². The van der Waals surface area contributed by atoms with Crippen molar-refractivity contribution in [3.63, 3.8) is 0 Å². The molecule has 2 N–H and O–H groups in total. The first kappa shape index (κ1) is 17.2. The standard InChI is InChI=1S/C17H33N3/c1-3-4-5-6-7-8-9-10-11-12-13-17-19-14-15-20(17)16(2)18/h9-10,16H,3-8,11-15,18H2,1-2H3/b10-9+. The fourth-order valence-electron chi connectivity index (χ4n) is 2.65. The highest BCUT2D eigenvalue weighted by Gasteiger charge is 2.18. The molecule has 0 aromatic rings. The third kappa shape index (κ3) is 7.09. The Morgan fingerprint density at radius 3 is 2.55 bits per heavy atom. The van der Waals surface area contributed by atoms with Crippen LogP contribution in [0.3, 0.4) is 0 Å². The maximum Gasteiger partial charge on any atom is 0.100 e. The fraction of sp³-hybridized carbons (Fsp3) is 0.824. The monoisotopic (exact) mass is 279 g/mol. The van der Waals surface area contributed by atoms with Crippen LogP contribution in [0.15, 0.2) is 17.1 Å². The lowest BCUT2D eigenvalue weighted by Crippen LogP contribution is -2.41. The van der Waals surface area contributed by atoms with Crippen LogP contribution in [0.25, 0.3) is 0 Å². The Kier molecular flexibility index (Phi) is 9.38. The average molecular weight is 279 g/mol. The van der Waals surface area contributed by atoms with Gasteiger partial charge in [0.1, 0.15) is 5.84 Å². The van der Waals surface area contributed by atoms with Gasteiger partial charge in [-0.05, 0) is 32.6 Å². The maximum atomic E-state index is 5.94. The minimum atomic E-state index is 0.106. The van der Waals surface area contributed by atoms with E-state index >= 15 is 0 Å². The van der Waals surface area contributed by atoms with E-state index < -0.39 is 0 Å². The van der Waals surface area contributed by atoms with Gasteiger partial charge in [-0.3, -0.25) is 4.99 Å². The molecule has 0 aromatic carbocycles. The highest BCUT2D eigenvalue weighted by atomic mass is 15.3. The van der Waals surface area contributed by atoms with Crippen LogP contribution in [-0.4, -0.2) is 30.0 Å². The molecule has 0 radical (unpaired) electrons. The van der Waals surface area contributed by atoms with E-state index in [9.17, 15) is 0 Å². The summed E-state index contributed by atoms with van der Waals surface area (Å²) >= 11 is 0. The van der Waals surface area contributed by atoms with E-state index in [1.165, 1.54) is 57.2 Å². The molecule has 1 rings (SSSR count). The van der Waals surface area contributed by atoms with Gasteiger partial charge in [0.15, 0.2) is 0 Å². The second-order valence-corrected chi connectivity index (χ2v) is 5.80. The van der Waals surface area contributed by atoms with E-state index in [0.29, 0.717) is 0 Å². The zero-order valence-electron chi connectivity index (χ0n) is 13.5. The Bertz CT molecular complexity index is 295. The summed E-state index contributed by atoms with van der Waals surface area (Å²) in [6.45, 7) is 6.23.